The highest BCUT2D eigenvalue weighted by atomic mass is 79.9. The second-order valence-corrected chi connectivity index (χ2v) is 6.30. The number of hydrogen-bond acceptors (Lipinski definition) is 1. The van der Waals surface area contributed by atoms with Gasteiger partial charge in [0.05, 0.1) is 5.56 Å². The topological polar surface area (TPSA) is 29.1 Å². The lowest BCUT2D eigenvalue weighted by Gasteiger charge is -2.41. The van der Waals surface area contributed by atoms with Crippen molar-refractivity contribution in [2.75, 3.05) is 6.54 Å². The fourth-order valence-electron chi connectivity index (χ4n) is 2.37. The van der Waals surface area contributed by atoms with Crippen molar-refractivity contribution < 1.29 is 4.79 Å². The van der Waals surface area contributed by atoms with Crippen molar-refractivity contribution in [3.8, 4) is 0 Å². The fraction of sp³-hybridized carbons (Fsp3) is 0.500. The second kappa shape index (κ2) is 5.62. The van der Waals surface area contributed by atoms with Crippen molar-refractivity contribution in [1.82, 2.24) is 5.32 Å². The molecule has 1 aromatic carbocycles. The molecule has 4 heteroatoms. The molecule has 0 aliphatic heterocycles. The molecule has 0 aromatic heterocycles. The molecule has 1 N–H and O–H groups in total. The van der Waals surface area contributed by atoms with Crippen LogP contribution in [0.25, 0.3) is 0 Å². The second-order valence-electron chi connectivity index (χ2n) is 5.01. The van der Waals surface area contributed by atoms with Crippen LogP contribution in [-0.2, 0) is 0 Å². The largest absolute Gasteiger partial charge is 0.351 e. The third-order valence-corrected chi connectivity index (χ3v) is 4.86. The van der Waals surface area contributed by atoms with Gasteiger partial charge in [-0.1, -0.05) is 24.9 Å². The molecule has 18 heavy (non-hydrogen) atoms. The number of hydrogen-bond donors (Lipinski definition) is 1. The average molecular weight is 331 g/mol. The lowest BCUT2D eigenvalue weighted by Crippen LogP contribution is -2.41. The van der Waals surface area contributed by atoms with E-state index < -0.39 is 0 Å². The summed E-state index contributed by atoms with van der Waals surface area (Å²) >= 11 is 9.23. The van der Waals surface area contributed by atoms with E-state index in [1.165, 1.54) is 19.3 Å². The summed E-state index contributed by atoms with van der Waals surface area (Å²) in [5, 5.41) is 3.67. The van der Waals surface area contributed by atoms with E-state index in [0.29, 0.717) is 16.0 Å². The molecule has 0 atom stereocenters. The van der Waals surface area contributed by atoms with Gasteiger partial charge in [0.15, 0.2) is 0 Å². The van der Waals surface area contributed by atoms with Crippen molar-refractivity contribution in [3.63, 3.8) is 0 Å². The number of carbonyl (C=O) groups excluding carboxylic acids is 1. The Morgan fingerprint density at radius 1 is 1.50 bits per heavy atom. The van der Waals surface area contributed by atoms with Crippen LogP contribution in [0.5, 0.6) is 0 Å². The summed E-state index contributed by atoms with van der Waals surface area (Å²) in [5.74, 6) is -0.0294. The molecular weight excluding hydrogens is 314 g/mol. The normalized spacial score (nSPS) is 17.1. The maximum absolute atomic E-state index is 12.1. The average Bonchev–Trinajstić information content (AvgIpc) is 2.27. The zero-order valence-electron chi connectivity index (χ0n) is 10.4. The van der Waals surface area contributed by atoms with E-state index in [4.69, 9.17) is 11.6 Å². The maximum atomic E-state index is 12.1. The Morgan fingerprint density at radius 3 is 2.72 bits per heavy atom. The first-order chi connectivity index (χ1) is 8.56. The standard InChI is InChI=1S/C14H17BrClNO/c1-2-14(6-3-7-14)9-17-13(18)11-5-4-10(16)8-12(11)15/h4-5,8H,2-3,6-7,9H2,1H3,(H,17,18). The highest BCUT2D eigenvalue weighted by molar-refractivity contribution is 9.10. The van der Waals surface area contributed by atoms with Gasteiger partial charge in [0.2, 0.25) is 0 Å². The summed E-state index contributed by atoms with van der Waals surface area (Å²) < 4.78 is 0.742. The van der Waals surface area contributed by atoms with Crippen molar-refractivity contribution in [2.45, 2.75) is 32.6 Å². The van der Waals surface area contributed by atoms with Crippen LogP contribution in [0.2, 0.25) is 5.02 Å². The number of carbonyl (C=O) groups is 1. The van der Waals surface area contributed by atoms with Crippen LogP contribution in [-0.4, -0.2) is 12.5 Å². The van der Waals surface area contributed by atoms with Gasteiger partial charge in [0.25, 0.3) is 5.91 Å². The SMILES string of the molecule is CCC1(CNC(=O)c2ccc(Cl)cc2Br)CCC1. The summed E-state index contributed by atoms with van der Waals surface area (Å²) in [6, 6.07) is 5.23. The zero-order chi connectivity index (χ0) is 13.2. The Morgan fingerprint density at radius 2 is 2.22 bits per heavy atom. The molecule has 1 fully saturated rings. The van der Waals surface area contributed by atoms with Crippen LogP contribution in [0.1, 0.15) is 43.0 Å². The Labute approximate surface area is 121 Å². The van der Waals surface area contributed by atoms with Crippen molar-refractivity contribution >= 4 is 33.4 Å². The first kappa shape index (κ1) is 13.9. The first-order valence-electron chi connectivity index (χ1n) is 6.29. The summed E-state index contributed by atoms with van der Waals surface area (Å²) in [4.78, 5) is 12.1. The summed E-state index contributed by atoms with van der Waals surface area (Å²) in [6.07, 6.45) is 4.88. The highest BCUT2D eigenvalue weighted by Crippen LogP contribution is 2.43. The van der Waals surface area contributed by atoms with Gasteiger partial charge in [-0.15, -0.1) is 0 Å². The Balaban J connectivity index is 1.99. The summed E-state index contributed by atoms with van der Waals surface area (Å²) in [5.41, 5.74) is 0.985. The van der Waals surface area contributed by atoms with Crippen LogP contribution in [0.3, 0.4) is 0 Å². The predicted molar refractivity (Wildman–Crippen MR) is 78.1 cm³/mol. The quantitative estimate of drug-likeness (QED) is 0.870. The Hall–Kier alpha value is -0.540. The minimum absolute atomic E-state index is 0.0294. The smallest absolute Gasteiger partial charge is 0.252 e. The fourth-order valence-corrected chi connectivity index (χ4v) is 3.23. The van der Waals surface area contributed by atoms with Crippen LogP contribution in [0.15, 0.2) is 22.7 Å². The molecule has 1 aliphatic rings. The van der Waals surface area contributed by atoms with Crippen molar-refractivity contribution in [1.29, 1.82) is 0 Å². The molecule has 0 bridgehead atoms. The summed E-state index contributed by atoms with van der Waals surface area (Å²) in [7, 11) is 0. The molecule has 0 radical (unpaired) electrons. The first-order valence-corrected chi connectivity index (χ1v) is 7.47. The van der Waals surface area contributed by atoms with Crippen molar-refractivity contribution in [3.05, 3.63) is 33.3 Å². The van der Waals surface area contributed by atoms with Crippen LogP contribution < -0.4 is 5.32 Å². The van der Waals surface area contributed by atoms with Gasteiger partial charge in [0.1, 0.15) is 0 Å². The van der Waals surface area contributed by atoms with Gasteiger partial charge in [-0.2, -0.15) is 0 Å². The summed E-state index contributed by atoms with van der Waals surface area (Å²) in [6.45, 7) is 2.97. The van der Waals surface area contributed by atoms with Gasteiger partial charge >= 0.3 is 0 Å². The van der Waals surface area contributed by atoms with E-state index in [0.717, 1.165) is 17.4 Å². The van der Waals surface area contributed by atoms with Gasteiger partial charge in [-0.3, -0.25) is 4.79 Å². The van der Waals surface area contributed by atoms with E-state index in [-0.39, 0.29) is 5.91 Å². The van der Waals surface area contributed by atoms with E-state index in [9.17, 15) is 4.79 Å². The molecule has 0 saturated heterocycles. The molecule has 2 rings (SSSR count). The van der Waals surface area contributed by atoms with Crippen LogP contribution >= 0.6 is 27.5 Å². The lowest BCUT2D eigenvalue weighted by molar-refractivity contribution is 0.0849. The number of amides is 1. The van der Waals surface area contributed by atoms with Crippen molar-refractivity contribution in [2.24, 2.45) is 5.41 Å². The number of benzene rings is 1. The van der Waals surface area contributed by atoms with Crippen LogP contribution in [0.4, 0.5) is 0 Å². The minimum atomic E-state index is -0.0294. The van der Waals surface area contributed by atoms with Crippen LogP contribution in [0, 0.1) is 5.41 Å². The molecule has 1 aliphatic carbocycles. The molecule has 2 nitrogen and oxygen atoms in total. The molecule has 98 valence electrons. The molecule has 0 spiro atoms. The molecular formula is C14H17BrClNO. The molecule has 0 heterocycles. The van der Waals surface area contributed by atoms with E-state index in [1.807, 2.05) is 0 Å². The molecule has 1 aromatic rings. The third kappa shape index (κ3) is 2.89. The van der Waals surface area contributed by atoms with E-state index in [2.05, 4.69) is 28.2 Å². The van der Waals surface area contributed by atoms with E-state index in [1.54, 1.807) is 18.2 Å². The maximum Gasteiger partial charge on any atom is 0.252 e. The molecule has 1 saturated carbocycles. The third-order valence-electron chi connectivity index (χ3n) is 3.96. The van der Waals surface area contributed by atoms with Gasteiger partial charge in [-0.05, 0) is 58.8 Å². The predicted octanol–water partition coefficient (Wildman–Crippen LogP) is 4.41. The van der Waals surface area contributed by atoms with Gasteiger partial charge in [0, 0.05) is 16.0 Å². The Bertz CT molecular complexity index is 452. The molecule has 1 amide bonds. The zero-order valence-corrected chi connectivity index (χ0v) is 12.8. The van der Waals surface area contributed by atoms with Gasteiger partial charge in [-0.25, -0.2) is 0 Å². The van der Waals surface area contributed by atoms with E-state index >= 15 is 0 Å². The Kier molecular flexibility index (Phi) is 4.33. The van der Waals surface area contributed by atoms with Gasteiger partial charge < -0.3 is 5.32 Å². The highest BCUT2D eigenvalue weighted by Gasteiger charge is 2.35. The molecule has 0 unspecified atom stereocenters. The number of halogens is 2. The minimum Gasteiger partial charge on any atom is -0.351 e. The number of nitrogens with one attached hydrogen (secondary N) is 1. The lowest BCUT2D eigenvalue weighted by atomic mass is 9.67. The number of rotatable bonds is 4. The monoisotopic (exact) mass is 329 g/mol.